The fourth-order valence-electron chi connectivity index (χ4n) is 0.906. The van der Waals surface area contributed by atoms with Gasteiger partial charge in [-0.1, -0.05) is 34.1 Å². The van der Waals surface area contributed by atoms with Gasteiger partial charge in [-0.3, -0.25) is 4.79 Å². The smallest absolute Gasteiger partial charge is 0.259 e. The molecule has 0 atom stereocenters. The number of primary amides is 1. The fraction of sp³-hybridized carbons (Fsp3) is 0. The molecule has 0 saturated heterocycles. The van der Waals surface area contributed by atoms with Crippen LogP contribution in [0.15, 0.2) is 34.3 Å². The van der Waals surface area contributed by atoms with Gasteiger partial charge in [0.25, 0.3) is 5.91 Å². The Morgan fingerprint density at radius 2 is 2.14 bits per heavy atom. The molecule has 1 aromatic carbocycles. The Kier molecular flexibility index (Phi) is 3.43. The number of carbonyl (C=O) groups excluding carboxylic acids is 1. The summed E-state index contributed by atoms with van der Waals surface area (Å²) in [5.41, 5.74) is 5.69. The molecule has 0 fully saturated rings. The van der Waals surface area contributed by atoms with Crippen molar-refractivity contribution in [2.45, 2.75) is 0 Å². The Labute approximate surface area is 90.0 Å². The van der Waals surface area contributed by atoms with Crippen LogP contribution in [0.5, 0.6) is 0 Å². The van der Waals surface area contributed by atoms with Crippen LogP contribution in [0, 0.1) is 11.3 Å². The first-order chi connectivity index (χ1) is 6.65. The van der Waals surface area contributed by atoms with Gasteiger partial charge >= 0.3 is 0 Å². The lowest BCUT2D eigenvalue weighted by atomic mass is 10.1. The first-order valence-corrected chi connectivity index (χ1v) is 4.60. The molecule has 0 heterocycles. The van der Waals surface area contributed by atoms with E-state index in [1.807, 2.05) is 18.2 Å². The monoisotopic (exact) mass is 250 g/mol. The van der Waals surface area contributed by atoms with Gasteiger partial charge in [-0.25, -0.2) is 0 Å². The van der Waals surface area contributed by atoms with Crippen molar-refractivity contribution in [3.63, 3.8) is 0 Å². The lowest BCUT2D eigenvalue weighted by molar-refractivity contribution is -0.114. The van der Waals surface area contributed by atoms with E-state index in [1.165, 1.54) is 6.08 Å². The van der Waals surface area contributed by atoms with Gasteiger partial charge in [0.1, 0.15) is 11.6 Å². The van der Waals surface area contributed by atoms with E-state index in [-0.39, 0.29) is 5.57 Å². The van der Waals surface area contributed by atoms with Crippen LogP contribution in [-0.2, 0) is 4.79 Å². The minimum Gasteiger partial charge on any atom is -0.365 e. The van der Waals surface area contributed by atoms with E-state index in [4.69, 9.17) is 11.0 Å². The molecular formula is C10H7BrN2O. The van der Waals surface area contributed by atoms with E-state index < -0.39 is 5.91 Å². The molecule has 2 N–H and O–H groups in total. The maximum absolute atomic E-state index is 10.8. The van der Waals surface area contributed by atoms with Gasteiger partial charge in [0, 0.05) is 4.47 Å². The minimum absolute atomic E-state index is 0.0584. The zero-order chi connectivity index (χ0) is 10.6. The molecule has 4 heteroatoms. The second kappa shape index (κ2) is 4.58. The summed E-state index contributed by atoms with van der Waals surface area (Å²) in [7, 11) is 0. The Morgan fingerprint density at radius 3 is 2.64 bits per heavy atom. The quantitative estimate of drug-likeness (QED) is 0.643. The lowest BCUT2D eigenvalue weighted by Crippen LogP contribution is -2.12. The van der Waals surface area contributed by atoms with E-state index in [0.717, 1.165) is 10.0 Å². The Morgan fingerprint density at radius 1 is 1.50 bits per heavy atom. The molecule has 0 spiro atoms. The van der Waals surface area contributed by atoms with Crippen molar-refractivity contribution in [2.24, 2.45) is 5.73 Å². The predicted octanol–water partition coefficient (Wildman–Crippen LogP) is 1.84. The van der Waals surface area contributed by atoms with Gasteiger partial charge in [0.2, 0.25) is 0 Å². The zero-order valence-electron chi connectivity index (χ0n) is 7.20. The number of rotatable bonds is 2. The highest BCUT2D eigenvalue weighted by Crippen LogP contribution is 2.18. The average molecular weight is 251 g/mol. The SMILES string of the molecule is N#CC(=Cc1ccccc1Br)C(N)=O. The predicted molar refractivity (Wildman–Crippen MR) is 56.9 cm³/mol. The highest BCUT2D eigenvalue weighted by Gasteiger charge is 2.04. The minimum atomic E-state index is -0.719. The van der Waals surface area contributed by atoms with Gasteiger partial charge in [0.05, 0.1) is 0 Å². The van der Waals surface area contributed by atoms with Crippen LogP contribution in [0.25, 0.3) is 6.08 Å². The molecule has 0 unspecified atom stereocenters. The first-order valence-electron chi connectivity index (χ1n) is 3.81. The lowest BCUT2D eigenvalue weighted by Gasteiger charge is -1.97. The van der Waals surface area contributed by atoms with Crippen LogP contribution < -0.4 is 5.73 Å². The fourth-order valence-corrected chi connectivity index (χ4v) is 1.31. The average Bonchev–Trinajstić information content (AvgIpc) is 2.16. The number of nitrogens with two attached hydrogens (primary N) is 1. The molecular weight excluding hydrogens is 244 g/mol. The number of amides is 1. The second-order valence-electron chi connectivity index (χ2n) is 2.56. The highest BCUT2D eigenvalue weighted by molar-refractivity contribution is 9.10. The van der Waals surface area contributed by atoms with E-state index in [1.54, 1.807) is 12.1 Å². The molecule has 0 aliphatic carbocycles. The third-order valence-electron chi connectivity index (χ3n) is 1.59. The summed E-state index contributed by atoms with van der Waals surface area (Å²) < 4.78 is 0.814. The number of nitriles is 1. The van der Waals surface area contributed by atoms with Gasteiger partial charge in [-0.05, 0) is 17.7 Å². The summed E-state index contributed by atoms with van der Waals surface area (Å²) in [5.74, 6) is -0.719. The first kappa shape index (κ1) is 10.5. The maximum atomic E-state index is 10.8. The Hall–Kier alpha value is -1.60. The van der Waals surface area contributed by atoms with Crippen molar-refractivity contribution < 1.29 is 4.79 Å². The number of benzene rings is 1. The molecule has 1 aromatic rings. The molecule has 1 rings (SSSR count). The largest absolute Gasteiger partial charge is 0.365 e. The molecule has 0 aromatic heterocycles. The van der Waals surface area contributed by atoms with Crippen molar-refractivity contribution in [2.75, 3.05) is 0 Å². The second-order valence-corrected chi connectivity index (χ2v) is 3.41. The van der Waals surface area contributed by atoms with Gasteiger partial charge in [-0.2, -0.15) is 5.26 Å². The van der Waals surface area contributed by atoms with Gasteiger partial charge in [-0.15, -0.1) is 0 Å². The molecule has 0 bridgehead atoms. The molecule has 0 radical (unpaired) electrons. The van der Waals surface area contributed by atoms with Crippen LogP contribution in [-0.4, -0.2) is 5.91 Å². The standard InChI is InChI=1S/C10H7BrN2O/c11-9-4-2-1-3-7(9)5-8(6-12)10(13)14/h1-5H,(H2,13,14). The molecule has 0 aliphatic rings. The van der Waals surface area contributed by atoms with E-state index in [0.29, 0.717) is 0 Å². The number of hydrogen-bond acceptors (Lipinski definition) is 2. The van der Waals surface area contributed by atoms with Crippen molar-refractivity contribution >= 4 is 27.9 Å². The van der Waals surface area contributed by atoms with Crippen LogP contribution in [0.1, 0.15) is 5.56 Å². The maximum Gasteiger partial charge on any atom is 0.259 e. The summed E-state index contributed by atoms with van der Waals surface area (Å²) in [6.45, 7) is 0. The molecule has 1 amide bonds. The Bertz CT molecular complexity index is 432. The zero-order valence-corrected chi connectivity index (χ0v) is 8.78. The summed E-state index contributed by atoms with van der Waals surface area (Å²) >= 11 is 3.30. The molecule has 14 heavy (non-hydrogen) atoms. The van der Waals surface area contributed by atoms with Crippen LogP contribution in [0.4, 0.5) is 0 Å². The third kappa shape index (κ3) is 2.44. The van der Waals surface area contributed by atoms with E-state index >= 15 is 0 Å². The summed E-state index contributed by atoms with van der Waals surface area (Å²) in [6, 6.07) is 9.00. The number of hydrogen-bond donors (Lipinski definition) is 1. The van der Waals surface area contributed by atoms with Crippen molar-refractivity contribution in [1.29, 1.82) is 5.26 Å². The number of carbonyl (C=O) groups is 1. The molecule has 70 valence electrons. The highest BCUT2D eigenvalue weighted by atomic mass is 79.9. The summed E-state index contributed by atoms with van der Waals surface area (Å²) in [6.07, 6.45) is 1.45. The number of nitrogens with zero attached hydrogens (tertiary/aromatic N) is 1. The molecule has 0 saturated carbocycles. The van der Waals surface area contributed by atoms with Crippen molar-refractivity contribution in [3.8, 4) is 6.07 Å². The van der Waals surface area contributed by atoms with Crippen molar-refractivity contribution in [1.82, 2.24) is 0 Å². The van der Waals surface area contributed by atoms with E-state index in [2.05, 4.69) is 15.9 Å². The number of halogens is 1. The van der Waals surface area contributed by atoms with E-state index in [9.17, 15) is 4.79 Å². The summed E-state index contributed by atoms with van der Waals surface area (Å²) in [5, 5.41) is 8.61. The van der Waals surface area contributed by atoms with Gasteiger partial charge < -0.3 is 5.73 Å². The molecule has 3 nitrogen and oxygen atoms in total. The summed E-state index contributed by atoms with van der Waals surface area (Å²) in [4.78, 5) is 10.8. The van der Waals surface area contributed by atoms with Gasteiger partial charge in [0.15, 0.2) is 0 Å². The normalized spacial score (nSPS) is 10.7. The van der Waals surface area contributed by atoms with Crippen molar-refractivity contribution in [3.05, 3.63) is 39.9 Å². The van der Waals surface area contributed by atoms with Crippen LogP contribution in [0.2, 0.25) is 0 Å². The van der Waals surface area contributed by atoms with Crippen LogP contribution >= 0.6 is 15.9 Å². The third-order valence-corrected chi connectivity index (χ3v) is 2.31. The Balaban J connectivity index is 3.15. The molecule has 0 aliphatic heterocycles. The van der Waals surface area contributed by atoms with Crippen LogP contribution in [0.3, 0.4) is 0 Å². The topological polar surface area (TPSA) is 66.9 Å².